The van der Waals surface area contributed by atoms with Gasteiger partial charge in [0.15, 0.2) is 5.13 Å². The number of aliphatic hydroxyl groups is 1. The van der Waals surface area contributed by atoms with E-state index < -0.39 is 17.4 Å². The molecule has 0 bridgehead atoms. The van der Waals surface area contributed by atoms with Crippen LogP contribution in [0.3, 0.4) is 0 Å². The highest BCUT2D eigenvalue weighted by molar-refractivity contribution is 7.17. The Bertz CT molecular complexity index is 1150. The number of aromatic carboxylic acids is 1. The SMILES string of the molecule is Cc1[nH]c(C(=O)N[C@@H]2[C@@H]3CN(c4nc(CC(=O)NC(C)(C)CO)c(C(=O)O)s4)C[C@@H]32)c(Cl)c1Cl. The van der Waals surface area contributed by atoms with E-state index in [9.17, 15) is 24.6 Å². The fourth-order valence-electron chi connectivity index (χ4n) is 4.22. The van der Waals surface area contributed by atoms with Gasteiger partial charge in [-0.25, -0.2) is 9.78 Å². The number of H-pyrrole nitrogens is 1. The van der Waals surface area contributed by atoms with Crippen LogP contribution in [0.15, 0.2) is 0 Å². The van der Waals surface area contributed by atoms with Gasteiger partial charge in [-0.15, -0.1) is 0 Å². The Kier molecular flexibility index (Phi) is 6.58. The average Bonchev–Trinajstić information content (AvgIpc) is 3.13. The number of aromatic nitrogens is 2. The molecule has 13 heteroatoms. The van der Waals surface area contributed by atoms with E-state index in [0.717, 1.165) is 11.3 Å². The quantitative estimate of drug-likeness (QED) is 0.351. The van der Waals surface area contributed by atoms with Crippen LogP contribution >= 0.6 is 34.5 Å². The first-order valence-electron chi connectivity index (χ1n) is 10.7. The van der Waals surface area contributed by atoms with Crippen molar-refractivity contribution >= 4 is 57.5 Å². The average molecular weight is 530 g/mol. The lowest BCUT2D eigenvalue weighted by molar-refractivity contribution is -0.122. The van der Waals surface area contributed by atoms with Crippen LogP contribution in [0, 0.1) is 18.8 Å². The predicted octanol–water partition coefficient (Wildman–Crippen LogP) is 2.08. The zero-order valence-electron chi connectivity index (χ0n) is 18.7. The zero-order chi connectivity index (χ0) is 24.9. The van der Waals surface area contributed by atoms with Gasteiger partial charge >= 0.3 is 5.97 Å². The number of nitrogens with zero attached hydrogens (tertiary/aromatic N) is 2. The summed E-state index contributed by atoms with van der Waals surface area (Å²) in [5.41, 5.74) is 0.243. The molecular weight excluding hydrogens is 505 g/mol. The van der Waals surface area contributed by atoms with Crippen LogP contribution in [0.4, 0.5) is 5.13 Å². The number of fused-ring (bicyclic) bond motifs is 1. The molecule has 0 radical (unpaired) electrons. The minimum atomic E-state index is -1.14. The summed E-state index contributed by atoms with van der Waals surface area (Å²) in [6.45, 7) is 6.05. The number of hydrogen-bond acceptors (Lipinski definition) is 7. The molecule has 0 unspecified atom stereocenters. The highest BCUT2D eigenvalue weighted by Gasteiger charge is 2.57. The summed E-state index contributed by atoms with van der Waals surface area (Å²) in [6.07, 6.45) is -0.195. The summed E-state index contributed by atoms with van der Waals surface area (Å²) in [5, 5.41) is 25.6. The van der Waals surface area contributed by atoms with Crippen molar-refractivity contribution in [1.82, 2.24) is 20.6 Å². The van der Waals surface area contributed by atoms with Crippen molar-refractivity contribution in [2.24, 2.45) is 11.8 Å². The highest BCUT2D eigenvalue weighted by Crippen LogP contribution is 2.48. The summed E-state index contributed by atoms with van der Waals surface area (Å²) in [6, 6.07) is -0.00735. The third-order valence-electron chi connectivity index (χ3n) is 6.12. The fraction of sp³-hybridized carbons (Fsp3) is 0.524. The summed E-state index contributed by atoms with van der Waals surface area (Å²) >= 11 is 13.2. The van der Waals surface area contributed by atoms with E-state index in [1.165, 1.54) is 0 Å². The summed E-state index contributed by atoms with van der Waals surface area (Å²) < 4.78 is 0. The normalized spacial score (nSPS) is 21.4. The molecule has 10 nitrogen and oxygen atoms in total. The molecular formula is C21H25Cl2N5O5S. The van der Waals surface area contributed by atoms with Crippen LogP contribution in [0.2, 0.25) is 10.0 Å². The first-order valence-corrected chi connectivity index (χ1v) is 12.2. The number of carboxylic acids is 1. The summed E-state index contributed by atoms with van der Waals surface area (Å²) in [5.74, 6) is -1.44. The van der Waals surface area contributed by atoms with Gasteiger partial charge in [0, 0.05) is 36.7 Å². The van der Waals surface area contributed by atoms with Gasteiger partial charge in [0.1, 0.15) is 10.6 Å². The van der Waals surface area contributed by atoms with Crippen LogP contribution in [0.1, 0.15) is 45.4 Å². The lowest BCUT2D eigenvalue weighted by atomic mass is 10.1. The second kappa shape index (κ2) is 9.03. The third kappa shape index (κ3) is 4.74. The molecule has 0 aromatic carbocycles. The van der Waals surface area contributed by atoms with E-state index in [4.69, 9.17) is 23.2 Å². The minimum Gasteiger partial charge on any atom is -0.477 e. The molecule has 1 aliphatic carbocycles. The van der Waals surface area contributed by atoms with Crippen molar-refractivity contribution < 1.29 is 24.6 Å². The van der Waals surface area contributed by atoms with Gasteiger partial charge in [0.2, 0.25) is 5.91 Å². The molecule has 2 amide bonds. The molecule has 3 heterocycles. The minimum absolute atomic E-state index is 0.00735. The van der Waals surface area contributed by atoms with Crippen LogP contribution in [-0.2, 0) is 11.2 Å². The smallest absolute Gasteiger partial charge is 0.347 e. The van der Waals surface area contributed by atoms with Crippen LogP contribution < -0.4 is 15.5 Å². The van der Waals surface area contributed by atoms with Gasteiger partial charge in [0.25, 0.3) is 5.91 Å². The topological polar surface area (TPSA) is 148 Å². The standard InChI is InChI=1S/C21H25Cl2N5O5S/c1-8-13(22)14(23)16(24-8)18(31)26-15-9-5-28(6-10(9)15)20-25-11(17(34-20)19(32)33)4-12(30)27-21(2,3)7-29/h9-10,15,24,29H,4-7H2,1-3H3,(H,26,31)(H,27,30)(H,32,33)/t9-,10+,15-. The number of rotatable bonds is 8. The number of aryl methyl sites for hydroxylation is 1. The van der Waals surface area contributed by atoms with Gasteiger partial charge in [-0.3, -0.25) is 9.59 Å². The van der Waals surface area contributed by atoms with E-state index in [2.05, 4.69) is 20.6 Å². The Hall–Kier alpha value is -2.34. The third-order valence-corrected chi connectivity index (χ3v) is 8.22. The first kappa shape index (κ1) is 24.8. The maximum absolute atomic E-state index is 12.6. The van der Waals surface area contributed by atoms with Gasteiger partial charge in [-0.2, -0.15) is 0 Å². The summed E-state index contributed by atoms with van der Waals surface area (Å²) in [4.78, 5) is 46.0. The van der Waals surface area contributed by atoms with Crippen molar-refractivity contribution in [3.8, 4) is 0 Å². The Labute approximate surface area is 209 Å². The largest absolute Gasteiger partial charge is 0.477 e. The number of amides is 2. The number of aromatic amines is 1. The van der Waals surface area contributed by atoms with Crippen LogP contribution in [0.5, 0.6) is 0 Å². The number of halogens is 2. The zero-order valence-corrected chi connectivity index (χ0v) is 21.1. The molecule has 2 fully saturated rings. The number of hydrogen-bond donors (Lipinski definition) is 5. The van der Waals surface area contributed by atoms with Crippen molar-refractivity contribution in [3.05, 3.63) is 32.0 Å². The van der Waals surface area contributed by atoms with E-state index >= 15 is 0 Å². The monoisotopic (exact) mass is 529 g/mol. The van der Waals surface area contributed by atoms with Crippen molar-refractivity contribution in [3.63, 3.8) is 0 Å². The number of carbonyl (C=O) groups is 3. The first-order chi connectivity index (χ1) is 15.9. The van der Waals surface area contributed by atoms with Crippen LogP contribution in [0.25, 0.3) is 0 Å². The molecule has 0 spiro atoms. The molecule has 1 saturated carbocycles. The van der Waals surface area contributed by atoms with Crippen molar-refractivity contribution in [1.29, 1.82) is 0 Å². The van der Waals surface area contributed by atoms with Gasteiger partial charge in [-0.05, 0) is 20.8 Å². The number of carbonyl (C=O) groups excluding carboxylic acids is 2. The number of aliphatic hydroxyl groups excluding tert-OH is 1. The Morgan fingerprint density at radius 2 is 1.88 bits per heavy atom. The van der Waals surface area contributed by atoms with Crippen molar-refractivity contribution in [2.75, 3.05) is 24.6 Å². The van der Waals surface area contributed by atoms with E-state index in [-0.39, 0.29) is 58.1 Å². The second-order valence-electron chi connectivity index (χ2n) is 9.33. The molecule has 1 saturated heterocycles. The molecule has 3 atom stereocenters. The van der Waals surface area contributed by atoms with Gasteiger partial charge in [0.05, 0.1) is 34.3 Å². The molecule has 2 aliphatic rings. The highest BCUT2D eigenvalue weighted by atomic mass is 35.5. The number of carboxylic acid groups (broad SMARTS) is 1. The molecule has 5 N–H and O–H groups in total. The molecule has 1 aliphatic heterocycles. The predicted molar refractivity (Wildman–Crippen MR) is 128 cm³/mol. The lowest BCUT2D eigenvalue weighted by Crippen LogP contribution is -2.47. The number of thiazole rings is 1. The molecule has 2 aromatic rings. The molecule has 4 rings (SSSR count). The van der Waals surface area contributed by atoms with Crippen LogP contribution in [-0.4, -0.2) is 69.2 Å². The van der Waals surface area contributed by atoms with Gasteiger partial charge in [-0.1, -0.05) is 34.5 Å². The fourth-order valence-corrected chi connectivity index (χ4v) is 5.58. The maximum atomic E-state index is 12.6. The van der Waals surface area contributed by atoms with Crippen molar-refractivity contribution in [2.45, 2.75) is 38.8 Å². The number of piperidine rings is 1. The second-order valence-corrected chi connectivity index (χ2v) is 11.1. The molecule has 184 valence electrons. The Balaban J connectivity index is 1.38. The van der Waals surface area contributed by atoms with E-state index in [0.29, 0.717) is 28.9 Å². The maximum Gasteiger partial charge on any atom is 0.347 e. The number of anilines is 1. The lowest BCUT2D eigenvalue weighted by Gasteiger charge is -2.23. The Morgan fingerprint density at radius 3 is 2.41 bits per heavy atom. The van der Waals surface area contributed by atoms with E-state index in [1.807, 2.05) is 4.90 Å². The van der Waals surface area contributed by atoms with E-state index in [1.54, 1.807) is 20.8 Å². The molecule has 2 aromatic heterocycles. The molecule has 34 heavy (non-hydrogen) atoms. The van der Waals surface area contributed by atoms with Gasteiger partial charge < -0.3 is 30.7 Å². The summed E-state index contributed by atoms with van der Waals surface area (Å²) in [7, 11) is 0. The number of nitrogens with one attached hydrogen (secondary N) is 3. The Morgan fingerprint density at radius 1 is 1.24 bits per heavy atom.